The zero-order valence-electron chi connectivity index (χ0n) is 17.1. The molecule has 1 amide bonds. The van der Waals surface area contributed by atoms with Crippen LogP contribution in [0.25, 0.3) is 6.08 Å². The van der Waals surface area contributed by atoms with Gasteiger partial charge in [-0.3, -0.25) is 4.79 Å². The van der Waals surface area contributed by atoms with Gasteiger partial charge in [-0.25, -0.2) is 0 Å². The summed E-state index contributed by atoms with van der Waals surface area (Å²) in [6.45, 7) is 4.75. The number of hydrogen-bond donors (Lipinski definition) is 0. The Labute approximate surface area is 177 Å². The lowest BCUT2D eigenvalue weighted by Gasteiger charge is -2.40. The first kappa shape index (κ1) is 21.2. The summed E-state index contributed by atoms with van der Waals surface area (Å²) in [6.07, 6.45) is 3.38. The van der Waals surface area contributed by atoms with Crippen molar-refractivity contribution in [2.45, 2.75) is 13.0 Å². The zero-order valence-corrected chi connectivity index (χ0v) is 17.9. The minimum absolute atomic E-state index is 0.0168. The first-order chi connectivity index (χ1) is 14.0. The summed E-state index contributed by atoms with van der Waals surface area (Å²) in [6, 6.07) is 13.8. The van der Waals surface area contributed by atoms with Gasteiger partial charge in [-0.1, -0.05) is 41.9 Å². The minimum Gasteiger partial charge on any atom is -0.491 e. The molecular weight excluding hydrogens is 388 g/mol. The molecule has 6 heteroatoms. The Morgan fingerprint density at radius 1 is 1.24 bits per heavy atom. The van der Waals surface area contributed by atoms with Crippen molar-refractivity contribution in [1.82, 2.24) is 9.80 Å². The number of amides is 1. The van der Waals surface area contributed by atoms with E-state index in [-0.39, 0.29) is 11.9 Å². The lowest BCUT2D eigenvalue weighted by atomic mass is 10.0. The van der Waals surface area contributed by atoms with Gasteiger partial charge in [-0.15, -0.1) is 0 Å². The van der Waals surface area contributed by atoms with Crippen LogP contribution in [0.5, 0.6) is 11.5 Å². The second-order valence-corrected chi connectivity index (χ2v) is 7.43. The lowest BCUT2D eigenvalue weighted by Crippen LogP contribution is -2.48. The van der Waals surface area contributed by atoms with Crippen molar-refractivity contribution in [3.63, 3.8) is 0 Å². The number of benzene rings is 2. The first-order valence-electron chi connectivity index (χ1n) is 9.76. The topological polar surface area (TPSA) is 42.0 Å². The molecule has 0 bridgehead atoms. The molecule has 0 N–H and O–H groups in total. The number of nitrogens with zero attached hydrogens (tertiary/aromatic N) is 2. The van der Waals surface area contributed by atoms with Crippen molar-refractivity contribution in [2.24, 2.45) is 0 Å². The third kappa shape index (κ3) is 5.11. The number of hydrogen-bond acceptors (Lipinski definition) is 4. The molecule has 154 valence electrons. The lowest BCUT2D eigenvalue weighted by molar-refractivity contribution is -0.130. The van der Waals surface area contributed by atoms with Crippen molar-refractivity contribution in [2.75, 3.05) is 40.4 Å². The van der Waals surface area contributed by atoms with E-state index in [9.17, 15) is 4.79 Å². The largest absolute Gasteiger partial charge is 0.491 e. The van der Waals surface area contributed by atoms with Crippen LogP contribution < -0.4 is 9.47 Å². The molecule has 1 fully saturated rings. The predicted molar refractivity (Wildman–Crippen MR) is 117 cm³/mol. The second kappa shape index (κ2) is 9.81. The molecule has 1 aliphatic rings. The van der Waals surface area contributed by atoms with Gasteiger partial charge in [0.15, 0.2) is 11.5 Å². The van der Waals surface area contributed by atoms with E-state index in [1.807, 2.05) is 36.1 Å². The number of halogens is 1. The molecule has 3 rings (SSSR count). The van der Waals surface area contributed by atoms with Crippen molar-refractivity contribution in [3.05, 3.63) is 64.7 Å². The van der Waals surface area contributed by atoms with Crippen LogP contribution in [0.3, 0.4) is 0 Å². The summed E-state index contributed by atoms with van der Waals surface area (Å²) in [4.78, 5) is 17.2. The van der Waals surface area contributed by atoms with E-state index in [1.165, 1.54) is 0 Å². The molecule has 2 aromatic rings. The van der Waals surface area contributed by atoms with Crippen LogP contribution in [0, 0.1) is 0 Å². The Morgan fingerprint density at radius 3 is 2.69 bits per heavy atom. The van der Waals surface area contributed by atoms with Gasteiger partial charge >= 0.3 is 0 Å². The minimum atomic E-state index is -0.0168. The van der Waals surface area contributed by atoms with Gasteiger partial charge in [0.05, 0.1) is 24.8 Å². The van der Waals surface area contributed by atoms with E-state index in [0.717, 1.165) is 24.2 Å². The molecule has 1 saturated heterocycles. The van der Waals surface area contributed by atoms with Gasteiger partial charge in [-0.05, 0) is 43.3 Å². The van der Waals surface area contributed by atoms with Gasteiger partial charge in [0.1, 0.15) is 0 Å². The molecule has 5 nitrogen and oxygen atoms in total. The predicted octanol–water partition coefficient (Wildman–Crippen LogP) is 4.28. The normalized spacial score (nSPS) is 17.5. The number of rotatable bonds is 6. The van der Waals surface area contributed by atoms with Crippen LogP contribution in [-0.4, -0.2) is 56.1 Å². The highest BCUT2D eigenvalue weighted by molar-refractivity contribution is 6.32. The molecule has 0 saturated carbocycles. The van der Waals surface area contributed by atoms with Crippen molar-refractivity contribution < 1.29 is 14.3 Å². The highest BCUT2D eigenvalue weighted by Gasteiger charge is 2.29. The highest BCUT2D eigenvalue weighted by atomic mass is 35.5. The Kier molecular flexibility index (Phi) is 7.18. The summed E-state index contributed by atoms with van der Waals surface area (Å²) in [5.74, 6) is 1.05. The van der Waals surface area contributed by atoms with Crippen LogP contribution in [0.15, 0.2) is 48.5 Å². The fraction of sp³-hybridized carbons (Fsp3) is 0.348. The molecule has 29 heavy (non-hydrogen) atoms. The van der Waals surface area contributed by atoms with Crippen LogP contribution in [0.1, 0.15) is 24.1 Å². The van der Waals surface area contributed by atoms with Gasteiger partial charge in [0, 0.05) is 25.7 Å². The van der Waals surface area contributed by atoms with E-state index in [4.69, 9.17) is 21.1 Å². The van der Waals surface area contributed by atoms with Gasteiger partial charge < -0.3 is 19.3 Å². The van der Waals surface area contributed by atoms with Gasteiger partial charge in [0.2, 0.25) is 5.91 Å². The molecule has 0 radical (unpaired) electrons. The third-order valence-corrected chi connectivity index (χ3v) is 5.29. The number of carbonyl (C=O) groups excluding carboxylic acids is 1. The summed E-state index contributed by atoms with van der Waals surface area (Å²) in [5, 5.41) is 0.451. The van der Waals surface area contributed by atoms with Crippen LogP contribution >= 0.6 is 11.6 Å². The standard InChI is InChI=1S/C23H27ClN2O3/c1-4-29-21-15-17(14-19(24)23(21)28-3)10-11-22(27)26-13-12-25(2)16-20(26)18-8-6-5-7-9-18/h5-11,14-15,20H,4,12-13,16H2,1-3H3. The van der Waals surface area contributed by atoms with E-state index in [2.05, 4.69) is 24.1 Å². The zero-order chi connectivity index (χ0) is 20.8. The van der Waals surface area contributed by atoms with Crippen molar-refractivity contribution >= 4 is 23.6 Å². The number of carbonyl (C=O) groups is 1. The average molecular weight is 415 g/mol. The Hall–Kier alpha value is -2.50. The summed E-state index contributed by atoms with van der Waals surface area (Å²) in [5.41, 5.74) is 1.94. The maximum Gasteiger partial charge on any atom is 0.247 e. The molecular formula is C23H27ClN2O3. The fourth-order valence-corrected chi connectivity index (χ4v) is 3.85. The Morgan fingerprint density at radius 2 is 2.00 bits per heavy atom. The molecule has 2 aromatic carbocycles. The molecule has 0 aliphatic carbocycles. The molecule has 1 heterocycles. The van der Waals surface area contributed by atoms with Crippen LogP contribution in [0.4, 0.5) is 0 Å². The van der Waals surface area contributed by atoms with E-state index in [0.29, 0.717) is 29.7 Å². The van der Waals surface area contributed by atoms with Crippen LogP contribution in [-0.2, 0) is 4.79 Å². The van der Waals surface area contributed by atoms with E-state index >= 15 is 0 Å². The Balaban J connectivity index is 1.82. The van der Waals surface area contributed by atoms with Crippen molar-refractivity contribution in [1.29, 1.82) is 0 Å². The summed E-state index contributed by atoms with van der Waals surface area (Å²) < 4.78 is 10.9. The number of piperazine rings is 1. The van der Waals surface area contributed by atoms with Crippen molar-refractivity contribution in [3.8, 4) is 11.5 Å². The molecule has 1 aliphatic heterocycles. The Bertz CT molecular complexity index is 870. The highest BCUT2D eigenvalue weighted by Crippen LogP contribution is 2.36. The smallest absolute Gasteiger partial charge is 0.247 e. The van der Waals surface area contributed by atoms with Gasteiger partial charge in [0.25, 0.3) is 0 Å². The number of likely N-dealkylation sites (N-methyl/N-ethyl adjacent to an activating group) is 1. The monoisotopic (exact) mass is 414 g/mol. The van der Waals surface area contributed by atoms with Crippen LogP contribution in [0.2, 0.25) is 5.02 Å². The molecule has 1 unspecified atom stereocenters. The summed E-state index contributed by atoms with van der Waals surface area (Å²) in [7, 11) is 3.64. The molecule has 0 aromatic heterocycles. The van der Waals surface area contributed by atoms with Gasteiger partial charge in [-0.2, -0.15) is 0 Å². The maximum atomic E-state index is 13.0. The second-order valence-electron chi connectivity index (χ2n) is 7.02. The quantitative estimate of drug-likeness (QED) is 0.662. The van der Waals surface area contributed by atoms with E-state index < -0.39 is 0 Å². The fourth-order valence-electron chi connectivity index (χ4n) is 3.55. The SMILES string of the molecule is CCOc1cc(C=CC(=O)N2CCN(C)CC2c2ccccc2)cc(Cl)c1OC. The average Bonchev–Trinajstić information content (AvgIpc) is 2.73. The third-order valence-electron chi connectivity index (χ3n) is 5.01. The maximum absolute atomic E-state index is 13.0. The molecule has 0 spiro atoms. The number of methoxy groups -OCH3 is 1. The summed E-state index contributed by atoms with van der Waals surface area (Å²) >= 11 is 6.31. The first-order valence-corrected chi connectivity index (χ1v) is 10.1. The van der Waals surface area contributed by atoms with E-state index in [1.54, 1.807) is 25.3 Å². The molecule has 1 atom stereocenters. The number of ether oxygens (including phenoxy) is 2.